The van der Waals surface area contributed by atoms with Crippen LogP contribution < -0.4 is 0 Å². The molecule has 1 heteroatoms. The van der Waals surface area contributed by atoms with Crippen molar-refractivity contribution < 1.29 is 4.74 Å². The van der Waals surface area contributed by atoms with E-state index in [1.165, 1.54) is 32.1 Å². The first-order valence-corrected chi connectivity index (χ1v) is 5.00. The van der Waals surface area contributed by atoms with Crippen molar-refractivity contribution in [1.29, 1.82) is 0 Å². The van der Waals surface area contributed by atoms with E-state index < -0.39 is 0 Å². The van der Waals surface area contributed by atoms with E-state index in [9.17, 15) is 0 Å². The van der Waals surface area contributed by atoms with Crippen LogP contribution in [0.4, 0.5) is 0 Å². The van der Waals surface area contributed by atoms with Gasteiger partial charge in [0, 0.05) is 6.61 Å². The highest BCUT2D eigenvalue weighted by atomic mass is 16.5. The van der Waals surface area contributed by atoms with Crippen molar-refractivity contribution in [2.45, 2.75) is 52.1 Å². The van der Waals surface area contributed by atoms with Gasteiger partial charge in [0.1, 0.15) is 0 Å². The molecular weight excluding hydrogens is 136 g/mol. The maximum absolute atomic E-state index is 5.76. The second kappa shape index (κ2) is 4.76. The minimum absolute atomic E-state index is 0.585. The lowest BCUT2D eigenvalue weighted by molar-refractivity contribution is 0.0341. The Balaban J connectivity index is 2.01. The Kier molecular flexibility index (Phi) is 3.92. The first-order chi connectivity index (χ1) is 5.38. The smallest absolute Gasteiger partial charge is 0.0600 e. The summed E-state index contributed by atoms with van der Waals surface area (Å²) in [5.74, 6) is 0.914. The van der Waals surface area contributed by atoms with Crippen molar-refractivity contribution in [2.75, 3.05) is 6.61 Å². The van der Waals surface area contributed by atoms with Gasteiger partial charge in [-0.1, -0.05) is 20.3 Å². The van der Waals surface area contributed by atoms with Gasteiger partial charge in [0.05, 0.1) is 6.10 Å². The fourth-order valence-corrected chi connectivity index (χ4v) is 1.43. The number of unbranched alkanes of at least 4 members (excludes halogenated alkanes) is 1. The monoisotopic (exact) mass is 156 g/mol. The van der Waals surface area contributed by atoms with E-state index in [0.717, 1.165) is 12.5 Å². The van der Waals surface area contributed by atoms with E-state index in [0.29, 0.717) is 6.10 Å². The molecule has 1 rings (SSSR count). The predicted molar refractivity (Wildman–Crippen MR) is 47.7 cm³/mol. The van der Waals surface area contributed by atoms with E-state index in [4.69, 9.17) is 4.74 Å². The van der Waals surface area contributed by atoms with Crippen molar-refractivity contribution in [1.82, 2.24) is 0 Å². The predicted octanol–water partition coefficient (Wildman–Crippen LogP) is 2.99. The summed E-state index contributed by atoms with van der Waals surface area (Å²) in [6.07, 6.45) is 7.08. The molecule has 0 heterocycles. The van der Waals surface area contributed by atoms with E-state index in [-0.39, 0.29) is 0 Å². The van der Waals surface area contributed by atoms with Crippen LogP contribution in [-0.2, 0) is 4.74 Å². The van der Waals surface area contributed by atoms with Crippen LogP contribution >= 0.6 is 0 Å². The van der Waals surface area contributed by atoms with Gasteiger partial charge in [-0.15, -0.1) is 0 Å². The number of hydrogen-bond acceptors (Lipinski definition) is 1. The Bertz CT molecular complexity index is 97.0. The summed E-state index contributed by atoms with van der Waals surface area (Å²) >= 11 is 0. The average molecular weight is 156 g/mol. The second-order valence-corrected chi connectivity index (χ2v) is 3.51. The molecule has 1 fully saturated rings. The summed E-state index contributed by atoms with van der Waals surface area (Å²) in [5.41, 5.74) is 0. The van der Waals surface area contributed by atoms with E-state index >= 15 is 0 Å². The third-order valence-electron chi connectivity index (χ3n) is 2.38. The molecule has 1 nitrogen and oxygen atoms in total. The van der Waals surface area contributed by atoms with Gasteiger partial charge in [-0.2, -0.15) is 0 Å². The molecular formula is C10H20O. The number of rotatable bonds is 6. The molecule has 1 aliphatic carbocycles. The van der Waals surface area contributed by atoms with Gasteiger partial charge in [-0.25, -0.2) is 0 Å². The van der Waals surface area contributed by atoms with Crippen LogP contribution in [0.15, 0.2) is 0 Å². The molecule has 66 valence electrons. The summed E-state index contributed by atoms with van der Waals surface area (Å²) in [6.45, 7) is 5.42. The molecule has 11 heavy (non-hydrogen) atoms. The number of ether oxygens (including phenoxy) is 1. The minimum Gasteiger partial charge on any atom is -0.378 e. The fourth-order valence-electron chi connectivity index (χ4n) is 1.43. The Hall–Kier alpha value is -0.0400. The van der Waals surface area contributed by atoms with Crippen molar-refractivity contribution in [3.63, 3.8) is 0 Å². The summed E-state index contributed by atoms with van der Waals surface area (Å²) < 4.78 is 5.76. The molecule has 0 spiro atoms. The zero-order valence-corrected chi connectivity index (χ0v) is 7.81. The quantitative estimate of drug-likeness (QED) is 0.537. The van der Waals surface area contributed by atoms with Crippen LogP contribution in [0.2, 0.25) is 0 Å². The van der Waals surface area contributed by atoms with Crippen molar-refractivity contribution >= 4 is 0 Å². The highest BCUT2D eigenvalue weighted by molar-refractivity contribution is 4.81. The normalized spacial score (nSPS) is 20.2. The zero-order valence-electron chi connectivity index (χ0n) is 7.81. The Morgan fingerprint density at radius 3 is 2.55 bits per heavy atom. The average Bonchev–Trinajstić information content (AvgIpc) is 2.81. The SMILES string of the molecule is CCCCOC(CC)C1CC1. The summed E-state index contributed by atoms with van der Waals surface area (Å²) in [4.78, 5) is 0. The topological polar surface area (TPSA) is 9.23 Å². The first kappa shape index (κ1) is 9.05. The lowest BCUT2D eigenvalue weighted by Crippen LogP contribution is -2.14. The lowest BCUT2D eigenvalue weighted by Gasteiger charge is -2.14. The van der Waals surface area contributed by atoms with E-state index in [1.54, 1.807) is 0 Å². The third kappa shape index (κ3) is 3.24. The van der Waals surface area contributed by atoms with Crippen LogP contribution in [0.25, 0.3) is 0 Å². The highest BCUT2D eigenvalue weighted by Gasteiger charge is 2.30. The van der Waals surface area contributed by atoms with E-state index in [2.05, 4.69) is 13.8 Å². The van der Waals surface area contributed by atoms with Gasteiger partial charge >= 0.3 is 0 Å². The van der Waals surface area contributed by atoms with Crippen LogP contribution in [-0.4, -0.2) is 12.7 Å². The van der Waals surface area contributed by atoms with Crippen molar-refractivity contribution in [3.05, 3.63) is 0 Å². The molecule has 0 N–H and O–H groups in total. The number of hydrogen-bond donors (Lipinski definition) is 0. The van der Waals surface area contributed by atoms with E-state index in [1.807, 2.05) is 0 Å². The van der Waals surface area contributed by atoms with Gasteiger partial charge in [0.25, 0.3) is 0 Å². The Labute approximate surface area is 70.1 Å². The molecule has 1 aliphatic rings. The maximum Gasteiger partial charge on any atom is 0.0600 e. The van der Waals surface area contributed by atoms with Crippen LogP contribution in [0.1, 0.15) is 46.0 Å². The first-order valence-electron chi connectivity index (χ1n) is 5.00. The molecule has 0 saturated heterocycles. The van der Waals surface area contributed by atoms with Crippen molar-refractivity contribution in [3.8, 4) is 0 Å². The van der Waals surface area contributed by atoms with Crippen molar-refractivity contribution in [2.24, 2.45) is 5.92 Å². The van der Waals surface area contributed by atoms with Crippen LogP contribution in [0.5, 0.6) is 0 Å². The van der Waals surface area contributed by atoms with Crippen LogP contribution in [0.3, 0.4) is 0 Å². The summed E-state index contributed by atoms with van der Waals surface area (Å²) in [6, 6.07) is 0. The molecule has 0 aromatic heterocycles. The molecule has 0 amide bonds. The molecule has 1 saturated carbocycles. The Morgan fingerprint density at radius 1 is 1.36 bits per heavy atom. The van der Waals surface area contributed by atoms with Crippen LogP contribution in [0, 0.1) is 5.92 Å². The molecule has 0 aliphatic heterocycles. The molecule has 0 radical (unpaired) electrons. The Morgan fingerprint density at radius 2 is 2.09 bits per heavy atom. The minimum atomic E-state index is 0.585. The standard InChI is InChI=1S/C10H20O/c1-3-5-8-11-10(4-2)9-6-7-9/h9-10H,3-8H2,1-2H3. The molecule has 0 aromatic rings. The molecule has 1 unspecified atom stereocenters. The molecule has 0 aromatic carbocycles. The lowest BCUT2D eigenvalue weighted by atomic mass is 10.2. The van der Waals surface area contributed by atoms with Gasteiger partial charge < -0.3 is 4.74 Å². The van der Waals surface area contributed by atoms with Gasteiger partial charge in [0.2, 0.25) is 0 Å². The van der Waals surface area contributed by atoms with Gasteiger partial charge in [-0.05, 0) is 31.6 Å². The highest BCUT2D eigenvalue weighted by Crippen LogP contribution is 2.35. The third-order valence-corrected chi connectivity index (χ3v) is 2.38. The maximum atomic E-state index is 5.76. The fraction of sp³-hybridized carbons (Fsp3) is 1.00. The zero-order chi connectivity index (χ0) is 8.10. The van der Waals surface area contributed by atoms with Gasteiger partial charge in [-0.3, -0.25) is 0 Å². The summed E-state index contributed by atoms with van der Waals surface area (Å²) in [5, 5.41) is 0. The molecule has 1 atom stereocenters. The second-order valence-electron chi connectivity index (χ2n) is 3.51. The summed E-state index contributed by atoms with van der Waals surface area (Å²) in [7, 11) is 0. The largest absolute Gasteiger partial charge is 0.378 e. The molecule has 0 bridgehead atoms. The van der Waals surface area contributed by atoms with Gasteiger partial charge in [0.15, 0.2) is 0 Å².